The number of nitro groups is 1. The van der Waals surface area contributed by atoms with Gasteiger partial charge in [-0.25, -0.2) is 0 Å². The lowest BCUT2D eigenvalue weighted by molar-refractivity contribution is -0.384. The fraction of sp³-hybridized carbons (Fsp3) is 0.500. The Labute approximate surface area is 94.1 Å². The fourth-order valence-electron chi connectivity index (χ4n) is 2.30. The first-order valence-electron chi connectivity index (χ1n) is 5.35. The number of nitrogens with zero attached hydrogens (tertiary/aromatic N) is 1. The average Bonchev–Trinajstić information content (AvgIpc) is 2.26. The monoisotopic (exact) mass is 221 g/mol. The maximum atomic E-state index is 10.5. The molecular weight excluding hydrogens is 206 g/mol. The molecule has 0 radical (unpaired) electrons. The molecule has 1 fully saturated rings. The smallest absolute Gasteiger partial charge is 0.269 e. The van der Waals surface area contributed by atoms with Crippen LogP contribution in [0.15, 0.2) is 24.3 Å². The summed E-state index contributed by atoms with van der Waals surface area (Å²) in [6, 6.07) is 6.62. The minimum absolute atomic E-state index is 0.112. The minimum atomic E-state index is -0.398. The first kappa shape index (κ1) is 11.1. The summed E-state index contributed by atoms with van der Waals surface area (Å²) in [6.45, 7) is 4.04. The first-order valence-corrected chi connectivity index (χ1v) is 5.35. The Morgan fingerprint density at radius 1 is 1.38 bits per heavy atom. The van der Waals surface area contributed by atoms with E-state index in [1.54, 1.807) is 12.1 Å². The van der Waals surface area contributed by atoms with Gasteiger partial charge < -0.3 is 5.11 Å². The molecule has 1 aliphatic rings. The van der Waals surface area contributed by atoms with Crippen LogP contribution in [-0.2, 0) is 0 Å². The zero-order chi connectivity index (χ0) is 11.9. The summed E-state index contributed by atoms with van der Waals surface area (Å²) in [6.07, 6.45) is 0.470. The predicted octanol–water partition coefficient (Wildman–Crippen LogP) is 2.47. The topological polar surface area (TPSA) is 63.4 Å². The lowest BCUT2D eigenvalue weighted by Crippen LogP contribution is -2.47. The van der Waals surface area contributed by atoms with E-state index < -0.39 is 4.92 Å². The van der Waals surface area contributed by atoms with Crippen LogP contribution in [0.25, 0.3) is 0 Å². The van der Waals surface area contributed by atoms with Gasteiger partial charge >= 0.3 is 0 Å². The molecule has 1 aliphatic carbocycles. The zero-order valence-electron chi connectivity index (χ0n) is 9.38. The molecule has 1 saturated carbocycles. The van der Waals surface area contributed by atoms with E-state index >= 15 is 0 Å². The van der Waals surface area contributed by atoms with Crippen LogP contribution in [-0.4, -0.2) is 16.1 Å². The Balaban J connectivity index is 2.21. The molecule has 1 aromatic carbocycles. The highest BCUT2D eigenvalue weighted by molar-refractivity contribution is 5.36. The molecule has 1 N–H and O–H groups in total. The Morgan fingerprint density at radius 3 is 2.31 bits per heavy atom. The first-order chi connectivity index (χ1) is 7.43. The van der Waals surface area contributed by atoms with E-state index in [-0.39, 0.29) is 17.2 Å². The second kappa shape index (κ2) is 3.56. The van der Waals surface area contributed by atoms with Crippen LogP contribution >= 0.6 is 0 Å². The molecule has 0 spiro atoms. The number of aliphatic hydroxyl groups excluding tert-OH is 1. The third-order valence-electron chi connectivity index (χ3n) is 3.72. The molecule has 2 rings (SSSR count). The van der Waals surface area contributed by atoms with Crippen molar-refractivity contribution in [1.82, 2.24) is 0 Å². The normalized spacial score (nSPS) is 27.2. The Morgan fingerprint density at radius 2 is 1.94 bits per heavy atom. The standard InChI is InChI=1S/C12H15NO3/c1-12(2)10(7-11(12)14)8-3-5-9(6-4-8)13(15)16/h3-6,10-11,14H,7H2,1-2H3/t10-,11+/m1/s1. The lowest BCUT2D eigenvalue weighted by Gasteiger charge is -2.49. The van der Waals surface area contributed by atoms with Crippen molar-refractivity contribution in [1.29, 1.82) is 0 Å². The molecule has 0 saturated heterocycles. The summed E-state index contributed by atoms with van der Waals surface area (Å²) >= 11 is 0. The summed E-state index contributed by atoms with van der Waals surface area (Å²) in [5.74, 6) is 0.295. The van der Waals surface area contributed by atoms with Crippen molar-refractivity contribution >= 4 is 5.69 Å². The summed E-state index contributed by atoms with van der Waals surface area (Å²) in [5, 5.41) is 20.2. The van der Waals surface area contributed by atoms with Crippen LogP contribution in [0.3, 0.4) is 0 Å². The van der Waals surface area contributed by atoms with E-state index in [0.717, 1.165) is 12.0 Å². The van der Waals surface area contributed by atoms with Gasteiger partial charge in [-0.1, -0.05) is 26.0 Å². The molecule has 1 aromatic rings. The van der Waals surface area contributed by atoms with Crippen molar-refractivity contribution in [3.63, 3.8) is 0 Å². The van der Waals surface area contributed by atoms with E-state index in [1.165, 1.54) is 12.1 Å². The minimum Gasteiger partial charge on any atom is -0.393 e. The van der Waals surface area contributed by atoms with E-state index in [4.69, 9.17) is 0 Å². The van der Waals surface area contributed by atoms with Crippen molar-refractivity contribution in [2.75, 3.05) is 0 Å². The van der Waals surface area contributed by atoms with Gasteiger partial charge in [0.15, 0.2) is 0 Å². The molecule has 0 unspecified atom stereocenters. The van der Waals surface area contributed by atoms with E-state index in [9.17, 15) is 15.2 Å². The van der Waals surface area contributed by atoms with Gasteiger partial charge in [-0.2, -0.15) is 0 Å². The summed E-state index contributed by atoms with van der Waals surface area (Å²) in [7, 11) is 0. The number of hydrogen-bond acceptors (Lipinski definition) is 3. The van der Waals surface area contributed by atoms with Gasteiger partial charge in [-0.15, -0.1) is 0 Å². The molecule has 0 aliphatic heterocycles. The molecule has 16 heavy (non-hydrogen) atoms. The Kier molecular flexibility index (Phi) is 2.46. The molecular formula is C12H15NO3. The molecule has 0 bridgehead atoms. The number of aliphatic hydroxyl groups is 1. The highest BCUT2D eigenvalue weighted by Crippen LogP contribution is 2.52. The van der Waals surface area contributed by atoms with Crippen LogP contribution in [0.4, 0.5) is 5.69 Å². The van der Waals surface area contributed by atoms with E-state index in [2.05, 4.69) is 0 Å². The lowest BCUT2D eigenvalue weighted by atomic mass is 9.58. The fourth-order valence-corrected chi connectivity index (χ4v) is 2.30. The van der Waals surface area contributed by atoms with Crippen LogP contribution in [0.5, 0.6) is 0 Å². The number of rotatable bonds is 2. The third kappa shape index (κ3) is 1.59. The van der Waals surface area contributed by atoms with Gasteiger partial charge in [-0.05, 0) is 23.3 Å². The van der Waals surface area contributed by atoms with E-state index in [0.29, 0.717) is 5.92 Å². The van der Waals surface area contributed by atoms with Gasteiger partial charge in [0.25, 0.3) is 5.69 Å². The number of hydrogen-bond donors (Lipinski definition) is 1. The van der Waals surface area contributed by atoms with Crippen LogP contribution in [0.2, 0.25) is 0 Å². The van der Waals surface area contributed by atoms with Crippen molar-refractivity contribution in [3.05, 3.63) is 39.9 Å². The third-order valence-corrected chi connectivity index (χ3v) is 3.72. The van der Waals surface area contributed by atoms with Gasteiger partial charge in [-0.3, -0.25) is 10.1 Å². The highest BCUT2D eigenvalue weighted by atomic mass is 16.6. The molecule has 2 atom stereocenters. The second-order valence-electron chi connectivity index (χ2n) is 4.97. The Hall–Kier alpha value is -1.42. The predicted molar refractivity (Wildman–Crippen MR) is 60.2 cm³/mol. The van der Waals surface area contributed by atoms with Crippen LogP contribution < -0.4 is 0 Å². The molecule has 0 amide bonds. The zero-order valence-corrected chi connectivity index (χ0v) is 9.38. The summed E-state index contributed by atoms with van der Waals surface area (Å²) < 4.78 is 0. The van der Waals surface area contributed by atoms with Gasteiger partial charge in [0.2, 0.25) is 0 Å². The SMILES string of the molecule is CC1(C)[C@@H](c2ccc([N+](=O)[O-])cc2)C[C@@H]1O. The van der Waals surface area contributed by atoms with Crippen molar-refractivity contribution in [2.45, 2.75) is 32.3 Å². The quantitative estimate of drug-likeness (QED) is 0.616. The van der Waals surface area contributed by atoms with Crippen molar-refractivity contribution < 1.29 is 10.0 Å². The molecule has 4 heteroatoms. The summed E-state index contributed by atoms with van der Waals surface area (Å²) in [4.78, 5) is 10.1. The van der Waals surface area contributed by atoms with Gasteiger partial charge in [0.1, 0.15) is 0 Å². The molecule has 4 nitrogen and oxygen atoms in total. The number of nitro benzene ring substituents is 1. The Bertz CT molecular complexity index is 411. The van der Waals surface area contributed by atoms with Gasteiger partial charge in [0.05, 0.1) is 11.0 Å². The largest absolute Gasteiger partial charge is 0.393 e. The molecule has 0 aromatic heterocycles. The highest BCUT2D eigenvalue weighted by Gasteiger charge is 2.47. The van der Waals surface area contributed by atoms with Crippen LogP contribution in [0, 0.1) is 15.5 Å². The van der Waals surface area contributed by atoms with Crippen molar-refractivity contribution in [3.8, 4) is 0 Å². The van der Waals surface area contributed by atoms with Crippen LogP contribution in [0.1, 0.15) is 31.7 Å². The molecule has 0 heterocycles. The summed E-state index contributed by atoms with van der Waals surface area (Å²) in [5.41, 5.74) is 1.05. The van der Waals surface area contributed by atoms with E-state index in [1.807, 2.05) is 13.8 Å². The number of non-ortho nitro benzene ring substituents is 1. The average molecular weight is 221 g/mol. The second-order valence-corrected chi connectivity index (χ2v) is 4.97. The molecule has 86 valence electrons. The van der Waals surface area contributed by atoms with Crippen molar-refractivity contribution in [2.24, 2.45) is 5.41 Å². The maximum Gasteiger partial charge on any atom is 0.269 e. The maximum absolute atomic E-state index is 10.5. The van der Waals surface area contributed by atoms with Gasteiger partial charge in [0, 0.05) is 12.1 Å². The number of benzene rings is 1.